The third kappa shape index (κ3) is 4.04. The largest absolute Gasteiger partial charge is 0.378 e. The lowest BCUT2D eigenvalue weighted by Crippen LogP contribution is -2.58. The number of hydrogen-bond acceptors (Lipinski definition) is 4. The second-order valence-electron chi connectivity index (χ2n) is 7.12. The molecule has 3 aliphatic rings. The number of amides is 2. The zero-order valence-electron chi connectivity index (χ0n) is 14.1. The molecule has 3 rings (SSSR count). The first-order chi connectivity index (χ1) is 11.1. The maximum Gasteiger partial charge on any atom is 0.240 e. The molecule has 23 heavy (non-hydrogen) atoms. The van der Waals surface area contributed by atoms with Crippen LogP contribution in [-0.2, 0) is 14.3 Å². The van der Waals surface area contributed by atoms with Gasteiger partial charge in [0.15, 0.2) is 0 Å². The standard InChI is InChI=1S/C17H29N3O3/c1-13(11-19-8-4-7-16(19)21)18-17(22)15-12-23-10-9-20(15)14-5-2-3-6-14/h13-15H,2-12H2,1H3,(H,18,22)/t13-,15+/m1/s1. The van der Waals surface area contributed by atoms with Crippen molar-refractivity contribution >= 4 is 11.8 Å². The van der Waals surface area contributed by atoms with Crippen molar-refractivity contribution in [1.29, 1.82) is 0 Å². The van der Waals surface area contributed by atoms with E-state index in [4.69, 9.17) is 4.74 Å². The molecule has 1 aliphatic carbocycles. The highest BCUT2D eigenvalue weighted by Gasteiger charge is 2.36. The van der Waals surface area contributed by atoms with Gasteiger partial charge < -0.3 is 15.0 Å². The Bertz CT molecular complexity index is 437. The van der Waals surface area contributed by atoms with Gasteiger partial charge in [-0.05, 0) is 26.2 Å². The van der Waals surface area contributed by atoms with Gasteiger partial charge in [0.05, 0.1) is 13.2 Å². The van der Waals surface area contributed by atoms with Gasteiger partial charge in [0.1, 0.15) is 6.04 Å². The summed E-state index contributed by atoms with van der Waals surface area (Å²) in [5.74, 6) is 0.260. The van der Waals surface area contributed by atoms with E-state index in [1.807, 2.05) is 11.8 Å². The van der Waals surface area contributed by atoms with Crippen LogP contribution in [0.1, 0.15) is 45.4 Å². The molecule has 0 aromatic carbocycles. The molecule has 2 aliphatic heterocycles. The van der Waals surface area contributed by atoms with E-state index in [1.165, 1.54) is 25.7 Å². The number of carbonyl (C=O) groups excluding carboxylic acids is 2. The maximum atomic E-state index is 12.7. The predicted octanol–water partition coefficient (Wildman–Crippen LogP) is 0.757. The molecular weight excluding hydrogens is 294 g/mol. The Balaban J connectivity index is 1.53. The Morgan fingerprint density at radius 2 is 2.09 bits per heavy atom. The molecule has 2 atom stereocenters. The highest BCUT2D eigenvalue weighted by molar-refractivity contribution is 5.82. The summed E-state index contributed by atoms with van der Waals surface area (Å²) in [6, 6.07) is 0.339. The van der Waals surface area contributed by atoms with Crippen LogP contribution in [0.2, 0.25) is 0 Å². The lowest BCUT2D eigenvalue weighted by atomic mass is 10.1. The molecule has 6 nitrogen and oxygen atoms in total. The second kappa shape index (κ2) is 7.62. The van der Waals surface area contributed by atoms with Crippen LogP contribution in [0.25, 0.3) is 0 Å². The minimum Gasteiger partial charge on any atom is -0.378 e. The number of hydrogen-bond donors (Lipinski definition) is 1. The first kappa shape index (κ1) is 16.7. The zero-order chi connectivity index (χ0) is 16.2. The van der Waals surface area contributed by atoms with Gasteiger partial charge in [-0.25, -0.2) is 0 Å². The van der Waals surface area contributed by atoms with Gasteiger partial charge in [0, 0.05) is 38.1 Å². The van der Waals surface area contributed by atoms with Gasteiger partial charge in [0.25, 0.3) is 0 Å². The Morgan fingerprint density at radius 3 is 2.78 bits per heavy atom. The molecule has 0 aromatic heterocycles. The van der Waals surface area contributed by atoms with Crippen LogP contribution in [0.5, 0.6) is 0 Å². The van der Waals surface area contributed by atoms with Gasteiger partial charge in [-0.1, -0.05) is 12.8 Å². The first-order valence-corrected chi connectivity index (χ1v) is 9.07. The maximum absolute atomic E-state index is 12.7. The van der Waals surface area contributed by atoms with Crippen molar-refractivity contribution in [2.24, 2.45) is 0 Å². The summed E-state index contributed by atoms with van der Waals surface area (Å²) < 4.78 is 5.56. The quantitative estimate of drug-likeness (QED) is 0.811. The normalized spacial score (nSPS) is 28.3. The molecule has 1 N–H and O–H groups in total. The van der Waals surface area contributed by atoms with E-state index in [9.17, 15) is 9.59 Å². The van der Waals surface area contributed by atoms with Gasteiger partial charge in [-0.2, -0.15) is 0 Å². The molecule has 130 valence electrons. The molecule has 2 heterocycles. The molecule has 1 saturated carbocycles. The number of nitrogens with one attached hydrogen (secondary N) is 1. The summed E-state index contributed by atoms with van der Waals surface area (Å²) in [6.45, 7) is 5.46. The minimum atomic E-state index is -0.177. The molecule has 3 fully saturated rings. The van der Waals surface area contributed by atoms with Crippen molar-refractivity contribution in [2.75, 3.05) is 32.8 Å². The van der Waals surface area contributed by atoms with Crippen molar-refractivity contribution in [3.8, 4) is 0 Å². The number of carbonyl (C=O) groups is 2. The van der Waals surface area contributed by atoms with E-state index in [2.05, 4.69) is 10.2 Å². The summed E-state index contributed by atoms with van der Waals surface area (Å²) in [5, 5.41) is 3.10. The molecule has 0 spiro atoms. The average molecular weight is 323 g/mol. The van der Waals surface area contributed by atoms with Crippen LogP contribution in [0.4, 0.5) is 0 Å². The average Bonchev–Trinajstić information content (AvgIpc) is 3.20. The fraction of sp³-hybridized carbons (Fsp3) is 0.882. The fourth-order valence-corrected chi connectivity index (χ4v) is 4.13. The van der Waals surface area contributed by atoms with Gasteiger partial charge in [-0.15, -0.1) is 0 Å². The smallest absolute Gasteiger partial charge is 0.240 e. The Morgan fingerprint density at radius 1 is 1.30 bits per heavy atom. The lowest BCUT2D eigenvalue weighted by molar-refractivity contribution is -0.136. The molecular formula is C17H29N3O3. The topological polar surface area (TPSA) is 61.9 Å². The lowest BCUT2D eigenvalue weighted by Gasteiger charge is -2.39. The van der Waals surface area contributed by atoms with Crippen LogP contribution in [0.15, 0.2) is 0 Å². The second-order valence-corrected chi connectivity index (χ2v) is 7.12. The highest BCUT2D eigenvalue weighted by atomic mass is 16.5. The van der Waals surface area contributed by atoms with E-state index < -0.39 is 0 Å². The minimum absolute atomic E-state index is 0.0168. The summed E-state index contributed by atoms with van der Waals surface area (Å²) in [6.07, 6.45) is 6.51. The number of nitrogens with zero attached hydrogens (tertiary/aromatic N) is 2. The van der Waals surface area contributed by atoms with Crippen LogP contribution in [0, 0.1) is 0 Å². The van der Waals surface area contributed by atoms with E-state index in [1.54, 1.807) is 0 Å². The van der Waals surface area contributed by atoms with E-state index >= 15 is 0 Å². The fourth-order valence-electron chi connectivity index (χ4n) is 4.13. The Kier molecular flexibility index (Phi) is 5.54. The van der Waals surface area contributed by atoms with E-state index in [0.717, 1.165) is 26.1 Å². The summed E-state index contributed by atoms with van der Waals surface area (Å²) in [5.41, 5.74) is 0. The predicted molar refractivity (Wildman–Crippen MR) is 87.0 cm³/mol. The van der Waals surface area contributed by atoms with E-state index in [-0.39, 0.29) is 23.9 Å². The SMILES string of the molecule is C[C@H](CN1CCCC1=O)NC(=O)[C@@H]1COCCN1C1CCCC1. The molecule has 0 bridgehead atoms. The Hall–Kier alpha value is -1.14. The molecule has 0 unspecified atom stereocenters. The summed E-state index contributed by atoms with van der Waals surface area (Å²) >= 11 is 0. The van der Waals surface area contributed by atoms with Gasteiger partial charge in [-0.3, -0.25) is 14.5 Å². The van der Waals surface area contributed by atoms with Crippen LogP contribution in [-0.4, -0.2) is 72.6 Å². The summed E-state index contributed by atoms with van der Waals surface area (Å²) in [4.78, 5) is 28.6. The first-order valence-electron chi connectivity index (χ1n) is 9.07. The molecule has 6 heteroatoms. The molecule has 2 saturated heterocycles. The third-order valence-corrected chi connectivity index (χ3v) is 5.32. The van der Waals surface area contributed by atoms with E-state index in [0.29, 0.717) is 25.6 Å². The molecule has 0 aromatic rings. The van der Waals surface area contributed by atoms with Crippen molar-refractivity contribution in [1.82, 2.24) is 15.1 Å². The Labute approximate surface area is 138 Å². The molecule has 0 radical (unpaired) electrons. The number of morpholine rings is 1. The zero-order valence-corrected chi connectivity index (χ0v) is 14.1. The van der Waals surface area contributed by atoms with Crippen LogP contribution in [0.3, 0.4) is 0 Å². The molecule has 2 amide bonds. The van der Waals surface area contributed by atoms with Crippen LogP contribution >= 0.6 is 0 Å². The number of ether oxygens (including phenoxy) is 1. The number of likely N-dealkylation sites (tertiary alicyclic amines) is 1. The number of rotatable bonds is 5. The highest BCUT2D eigenvalue weighted by Crippen LogP contribution is 2.26. The summed E-state index contributed by atoms with van der Waals surface area (Å²) in [7, 11) is 0. The van der Waals surface area contributed by atoms with Crippen molar-refractivity contribution in [2.45, 2.75) is 63.6 Å². The van der Waals surface area contributed by atoms with Crippen LogP contribution < -0.4 is 5.32 Å². The van der Waals surface area contributed by atoms with Crippen molar-refractivity contribution in [3.05, 3.63) is 0 Å². The van der Waals surface area contributed by atoms with Crippen molar-refractivity contribution < 1.29 is 14.3 Å². The van der Waals surface area contributed by atoms with Crippen molar-refractivity contribution in [3.63, 3.8) is 0 Å². The van der Waals surface area contributed by atoms with Gasteiger partial charge >= 0.3 is 0 Å². The van der Waals surface area contributed by atoms with Gasteiger partial charge in [0.2, 0.25) is 11.8 Å². The third-order valence-electron chi connectivity index (χ3n) is 5.32. The monoisotopic (exact) mass is 323 g/mol.